The Hall–Kier alpha value is -2.45. The third-order valence-corrected chi connectivity index (χ3v) is 4.87. The summed E-state index contributed by atoms with van der Waals surface area (Å²) in [6.07, 6.45) is 0.979. The Balaban J connectivity index is 1.76. The van der Waals surface area contributed by atoms with E-state index in [-0.39, 0.29) is 49.4 Å². The number of guanidine groups is 1. The molecule has 10 heteroatoms. The summed E-state index contributed by atoms with van der Waals surface area (Å²) in [6.45, 7) is 0.0717. The molecule has 0 unspecified atom stereocenters. The van der Waals surface area contributed by atoms with Crippen LogP contribution < -0.4 is 16.4 Å². The van der Waals surface area contributed by atoms with Crippen LogP contribution in [0.3, 0.4) is 0 Å². The summed E-state index contributed by atoms with van der Waals surface area (Å²) < 4.78 is 0. The summed E-state index contributed by atoms with van der Waals surface area (Å²) in [5, 5.41) is 5.57. The molecular weight excluding hydrogens is 407 g/mol. The van der Waals surface area contributed by atoms with Crippen LogP contribution in [0.25, 0.3) is 0 Å². The Morgan fingerprint density at radius 1 is 1.21 bits per heavy atom. The van der Waals surface area contributed by atoms with E-state index in [9.17, 15) is 19.2 Å². The first-order chi connectivity index (χ1) is 13.3. The van der Waals surface area contributed by atoms with Crippen molar-refractivity contribution in [1.29, 1.82) is 0 Å². The van der Waals surface area contributed by atoms with E-state index in [4.69, 9.17) is 28.9 Å². The topological polar surface area (TPSA) is 131 Å². The van der Waals surface area contributed by atoms with Crippen molar-refractivity contribution in [2.75, 3.05) is 6.54 Å². The lowest BCUT2D eigenvalue weighted by Crippen LogP contribution is -2.38. The van der Waals surface area contributed by atoms with Gasteiger partial charge in [0, 0.05) is 41.8 Å². The van der Waals surface area contributed by atoms with Crippen LogP contribution in [0.15, 0.2) is 23.2 Å². The van der Waals surface area contributed by atoms with Gasteiger partial charge in [0.25, 0.3) is 5.91 Å². The molecule has 150 valence electrons. The number of amides is 3. The van der Waals surface area contributed by atoms with Crippen molar-refractivity contribution in [2.24, 2.45) is 16.6 Å². The van der Waals surface area contributed by atoms with Gasteiger partial charge in [0.2, 0.25) is 17.8 Å². The second-order valence-electron chi connectivity index (χ2n) is 6.34. The van der Waals surface area contributed by atoms with Crippen molar-refractivity contribution in [1.82, 2.24) is 10.6 Å². The number of carbonyl (C=O) groups is 4. The SMILES string of the molecule is NC(=NC(=O)CCNC(=O)[C@@H]1CCC(=O)C1)NC(=O)Cc1c(Cl)cccc1Cl. The minimum atomic E-state index is -0.601. The second kappa shape index (κ2) is 10.2. The van der Waals surface area contributed by atoms with Gasteiger partial charge in [-0.25, -0.2) is 0 Å². The molecule has 2 rings (SSSR count). The number of carbonyl (C=O) groups excluding carboxylic acids is 4. The number of nitrogens with zero attached hydrogens (tertiary/aromatic N) is 1. The Labute approximate surface area is 171 Å². The predicted molar refractivity (Wildman–Crippen MR) is 105 cm³/mol. The maximum atomic E-state index is 12.0. The summed E-state index contributed by atoms with van der Waals surface area (Å²) in [5.74, 6) is -1.99. The minimum absolute atomic E-state index is 0.0717. The van der Waals surface area contributed by atoms with Gasteiger partial charge in [-0.05, 0) is 24.1 Å². The number of hydrogen-bond donors (Lipinski definition) is 3. The highest BCUT2D eigenvalue weighted by atomic mass is 35.5. The van der Waals surface area contributed by atoms with Gasteiger partial charge in [0.1, 0.15) is 5.78 Å². The lowest BCUT2D eigenvalue weighted by atomic mass is 10.1. The standard InChI is InChI=1S/C18H20Cl2N4O4/c19-13-2-1-3-14(20)12(13)9-16(27)24-18(21)23-15(26)6-7-22-17(28)10-4-5-11(25)8-10/h1-3,10H,4-9H2,(H,22,28)(H3,21,23,24,26,27)/t10-/m1/s1. The summed E-state index contributed by atoms with van der Waals surface area (Å²) in [4.78, 5) is 50.4. The molecule has 0 spiro atoms. The average Bonchev–Trinajstić information content (AvgIpc) is 3.04. The number of aliphatic imine (C=N–C) groups is 1. The lowest BCUT2D eigenvalue weighted by molar-refractivity contribution is -0.126. The Morgan fingerprint density at radius 2 is 1.89 bits per heavy atom. The van der Waals surface area contributed by atoms with Crippen LogP contribution in [0, 0.1) is 5.92 Å². The van der Waals surface area contributed by atoms with E-state index in [1.54, 1.807) is 18.2 Å². The smallest absolute Gasteiger partial charge is 0.250 e. The maximum absolute atomic E-state index is 12.0. The van der Waals surface area contributed by atoms with Crippen LogP contribution in [0.4, 0.5) is 0 Å². The molecule has 1 atom stereocenters. The number of benzene rings is 1. The molecule has 0 bridgehead atoms. The van der Waals surface area contributed by atoms with Crippen molar-refractivity contribution >= 4 is 52.7 Å². The molecule has 3 amide bonds. The number of Topliss-reactive ketones (excluding diaryl/α,β-unsaturated/α-hetero) is 1. The number of ketones is 1. The summed E-state index contributed by atoms with van der Waals surface area (Å²) in [6, 6.07) is 4.86. The zero-order valence-corrected chi connectivity index (χ0v) is 16.5. The first kappa shape index (κ1) is 21.8. The van der Waals surface area contributed by atoms with Crippen molar-refractivity contribution < 1.29 is 19.2 Å². The molecule has 0 aromatic heterocycles. The highest BCUT2D eigenvalue weighted by Crippen LogP contribution is 2.24. The third-order valence-electron chi connectivity index (χ3n) is 4.17. The van der Waals surface area contributed by atoms with E-state index in [2.05, 4.69) is 15.6 Å². The highest BCUT2D eigenvalue weighted by molar-refractivity contribution is 6.36. The van der Waals surface area contributed by atoms with Crippen molar-refractivity contribution in [3.05, 3.63) is 33.8 Å². The zero-order valence-electron chi connectivity index (χ0n) is 15.0. The third kappa shape index (κ3) is 6.61. The molecule has 0 heterocycles. The number of nitrogens with one attached hydrogen (secondary N) is 2. The molecule has 0 saturated heterocycles. The highest BCUT2D eigenvalue weighted by Gasteiger charge is 2.27. The summed E-state index contributed by atoms with van der Waals surface area (Å²) >= 11 is 12.0. The fourth-order valence-electron chi connectivity index (χ4n) is 2.74. The molecule has 1 aliphatic rings. The first-order valence-electron chi connectivity index (χ1n) is 8.65. The zero-order chi connectivity index (χ0) is 20.7. The molecular formula is C18H20Cl2N4O4. The van der Waals surface area contributed by atoms with E-state index in [0.717, 1.165) is 0 Å². The van der Waals surface area contributed by atoms with E-state index in [0.29, 0.717) is 28.5 Å². The van der Waals surface area contributed by atoms with E-state index in [1.807, 2.05) is 0 Å². The summed E-state index contributed by atoms with van der Waals surface area (Å²) in [5.41, 5.74) is 6.00. The first-order valence-corrected chi connectivity index (χ1v) is 9.41. The Morgan fingerprint density at radius 3 is 2.50 bits per heavy atom. The normalized spacial score (nSPS) is 16.7. The van der Waals surface area contributed by atoms with Gasteiger partial charge in [-0.2, -0.15) is 4.99 Å². The van der Waals surface area contributed by atoms with E-state index < -0.39 is 11.8 Å². The van der Waals surface area contributed by atoms with Crippen molar-refractivity contribution in [3.8, 4) is 0 Å². The van der Waals surface area contributed by atoms with Crippen LogP contribution in [-0.2, 0) is 25.6 Å². The van der Waals surface area contributed by atoms with Crippen LogP contribution in [0.2, 0.25) is 10.0 Å². The number of halogens is 2. The fraction of sp³-hybridized carbons (Fsp3) is 0.389. The van der Waals surface area contributed by atoms with Gasteiger partial charge in [0.05, 0.1) is 6.42 Å². The van der Waals surface area contributed by atoms with Gasteiger partial charge in [0.15, 0.2) is 0 Å². The van der Waals surface area contributed by atoms with Crippen LogP contribution in [-0.4, -0.2) is 36.0 Å². The number of rotatable bonds is 6. The van der Waals surface area contributed by atoms with Crippen molar-refractivity contribution in [3.63, 3.8) is 0 Å². The quantitative estimate of drug-likeness (QED) is 0.466. The second-order valence-corrected chi connectivity index (χ2v) is 7.15. The van der Waals surface area contributed by atoms with Gasteiger partial charge in [-0.3, -0.25) is 24.5 Å². The predicted octanol–water partition coefficient (Wildman–Crippen LogP) is 1.37. The molecule has 1 aliphatic carbocycles. The van der Waals surface area contributed by atoms with Gasteiger partial charge < -0.3 is 11.1 Å². The molecule has 4 N–H and O–H groups in total. The summed E-state index contributed by atoms with van der Waals surface area (Å²) in [7, 11) is 0. The van der Waals surface area contributed by atoms with Gasteiger partial charge in [-0.1, -0.05) is 29.3 Å². The van der Waals surface area contributed by atoms with E-state index >= 15 is 0 Å². The van der Waals surface area contributed by atoms with Crippen LogP contribution in [0.1, 0.15) is 31.2 Å². The lowest BCUT2D eigenvalue weighted by Gasteiger charge is -2.09. The molecule has 28 heavy (non-hydrogen) atoms. The van der Waals surface area contributed by atoms with Crippen molar-refractivity contribution in [2.45, 2.75) is 32.1 Å². The Kier molecular flexibility index (Phi) is 7.95. The Bertz CT molecular complexity index is 806. The maximum Gasteiger partial charge on any atom is 0.250 e. The average molecular weight is 427 g/mol. The van der Waals surface area contributed by atoms with Crippen LogP contribution >= 0.6 is 23.2 Å². The van der Waals surface area contributed by atoms with Gasteiger partial charge >= 0.3 is 0 Å². The molecule has 0 radical (unpaired) electrons. The molecule has 1 aromatic rings. The number of nitrogens with two attached hydrogens (primary N) is 1. The molecule has 1 aromatic carbocycles. The molecule has 8 nitrogen and oxygen atoms in total. The fourth-order valence-corrected chi connectivity index (χ4v) is 3.27. The van der Waals surface area contributed by atoms with Crippen LogP contribution in [0.5, 0.6) is 0 Å². The molecule has 1 fully saturated rings. The van der Waals surface area contributed by atoms with E-state index in [1.165, 1.54) is 0 Å². The monoisotopic (exact) mass is 426 g/mol. The molecule has 0 aliphatic heterocycles. The van der Waals surface area contributed by atoms with Gasteiger partial charge in [-0.15, -0.1) is 0 Å². The number of hydrogen-bond acceptors (Lipinski definition) is 4. The largest absolute Gasteiger partial charge is 0.369 e. The minimum Gasteiger partial charge on any atom is -0.369 e. The molecule has 1 saturated carbocycles.